The summed E-state index contributed by atoms with van der Waals surface area (Å²) in [6.07, 6.45) is 2.50. The summed E-state index contributed by atoms with van der Waals surface area (Å²) in [5.41, 5.74) is 0.474. The highest BCUT2D eigenvalue weighted by atomic mass is 32.2. The lowest BCUT2D eigenvalue weighted by molar-refractivity contribution is 0.0990. The summed E-state index contributed by atoms with van der Waals surface area (Å²) >= 11 is 0.772. The lowest BCUT2D eigenvalue weighted by Crippen LogP contribution is -2.16. The normalized spacial score (nSPS) is 15.5. The van der Waals surface area contributed by atoms with Gasteiger partial charge in [-0.15, -0.1) is 0 Å². The molecule has 21 heavy (non-hydrogen) atoms. The van der Waals surface area contributed by atoms with Crippen LogP contribution in [-0.4, -0.2) is 18.7 Å². The van der Waals surface area contributed by atoms with Crippen molar-refractivity contribution in [2.75, 3.05) is 7.11 Å². The molecule has 0 N–H and O–H groups in total. The molecule has 1 aliphatic heterocycles. The Morgan fingerprint density at radius 3 is 2.57 bits per heavy atom. The summed E-state index contributed by atoms with van der Waals surface area (Å²) in [7, 11) is 1.47. The number of carbonyl (C=O) groups is 2. The first-order chi connectivity index (χ1) is 10.2. The third-order valence-electron chi connectivity index (χ3n) is 3.53. The van der Waals surface area contributed by atoms with Crippen LogP contribution in [0.25, 0.3) is 10.8 Å². The van der Waals surface area contributed by atoms with Crippen molar-refractivity contribution in [1.29, 1.82) is 0 Å². The number of ether oxygens (including phenoxy) is 1. The van der Waals surface area contributed by atoms with Crippen LogP contribution in [0.15, 0.2) is 30.4 Å². The number of hydrogen-bond donors (Lipinski definition) is 0. The van der Waals surface area contributed by atoms with Crippen LogP contribution in [0.5, 0.6) is 17.2 Å². The van der Waals surface area contributed by atoms with Crippen LogP contribution >= 0.6 is 12.3 Å². The van der Waals surface area contributed by atoms with Gasteiger partial charge in [0, 0.05) is 5.39 Å². The molecule has 0 saturated carbocycles. The first-order valence-electron chi connectivity index (χ1n) is 6.17. The van der Waals surface area contributed by atoms with Crippen molar-refractivity contribution in [1.82, 2.24) is 0 Å². The van der Waals surface area contributed by atoms with E-state index in [9.17, 15) is 9.59 Å². The van der Waals surface area contributed by atoms with Crippen LogP contribution in [0.2, 0.25) is 0 Å². The van der Waals surface area contributed by atoms with Gasteiger partial charge in [0.1, 0.15) is 5.75 Å². The van der Waals surface area contributed by atoms with Crippen molar-refractivity contribution in [2.45, 2.75) is 0 Å². The number of methoxy groups -OCH3 is 1. The van der Waals surface area contributed by atoms with Gasteiger partial charge in [-0.2, -0.15) is 0 Å². The summed E-state index contributed by atoms with van der Waals surface area (Å²) in [6.45, 7) is 0. The maximum Gasteiger partial charge on any atom is 0.293 e. The van der Waals surface area contributed by atoms with Gasteiger partial charge >= 0.3 is 0 Å². The van der Waals surface area contributed by atoms with E-state index in [0.717, 1.165) is 12.3 Å². The molecule has 4 rings (SSSR count). The van der Waals surface area contributed by atoms with Crippen molar-refractivity contribution in [2.24, 2.45) is 0 Å². The minimum absolute atomic E-state index is 0.232. The van der Waals surface area contributed by atoms with Crippen molar-refractivity contribution in [3.63, 3.8) is 0 Å². The molecular formula is C15H8O5S. The summed E-state index contributed by atoms with van der Waals surface area (Å²) in [5, 5.41) is 1.32. The molecular weight excluding hydrogens is 292 g/mol. The second kappa shape index (κ2) is 4.26. The Hall–Kier alpha value is -2.47. The van der Waals surface area contributed by atoms with Crippen LogP contribution < -0.4 is 13.1 Å². The molecule has 1 heterocycles. The Kier molecular flexibility index (Phi) is 2.49. The van der Waals surface area contributed by atoms with Crippen molar-refractivity contribution < 1.29 is 22.7 Å². The zero-order valence-corrected chi connectivity index (χ0v) is 11.7. The Morgan fingerprint density at radius 2 is 1.81 bits per heavy atom. The second-order valence-corrected chi connectivity index (χ2v) is 5.06. The van der Waals surface area contributed by atoms with Crippen molar-refractivity contribution in [3.05, 3.63) is 41.5 Å². The molecule has 0 fully saturated rings. The van der Waals surface area contributed by atoms with E-state index in [1.807, 2.05) is 0 Å². The molecule has 2 aromatic carbocycles. The maximum atomic E-state index is 12.2. The molecule has 0 saturated heterocycles. The largest absolute Gasteiger partial charge is 0.495 e. The van der Waals surface area contributed by atoms with Gasteiger partial charge in [-0.3, -0.25) is 9.59 Å². The number of benzene rings is 2. The molecule has 0 unspecified atom stereocenters. The summed E-state index contributed by atoms with van der Waals surface area (Å²) in [5.74, 6) is 0.750. The SMILES string of the molecule is COc1c2c(c3c4c(cccc14)OSO3)C(=O)C=CC2=O. The van der Waals surface area contributed by atoms with E-state index in [0.29, 0.717) is 28.0 Å². The van der Waals surface area contributed by atoms with Crippen LogP contribution in [0, 0.1) is 0 Å². The third kappa shape index (κ3) is 1.53. The zero-order valence-electron chi connectivity index (χ0n) is 10.8. The van der Waals surface area contributed by atoms with Crippen LogP contribution in [0.3, 0.4) is 0 Å². The summed E-state index contributed by atoms with van der Waals surface area (Å²) in [4.78, 5) is 24.4. The van der Waals surface area contributed by atoms with E-state index in [1.165, 1.54) is 19.3 Å². The van der Waals surface area contributed by atoms with Gasteiger partial charge < -0.3 is 13.1 Å². The number of fused-ring (bicyclic) bond motifs is 2. The smallest absolute Gasteiger partial charge is 0.293 e. The van der Waals surface area contributed by atoms with E-state index in [-0.39, 0.29) is 22.7 Å². The molecule has 0 atom stereocenters. The Balaban J connectivity index is 2.26. The predicted octanol–water partition coefficient (Wildman–Crippen LogP) is 3.12. The fraction of sp³-hybridized carbons (Fsp3) is 0.0667. The molecule has 0 aromatic heterocycles. The van der Waals surface area contributed by atoms with Gasteiger partial charge in [0.05, 0.1) is 23.6 Å². The first kappa shape index (κ1) is 12.3. The number of allylic oxidation sites excluding steroid dienone is 2. The summed E-state index contributed by atoms with van der Waals surface area (Å²) < 4.78 is 16.2. The van der Waals surface area contributed by atoms with E-state index in [4.69, 9.17) is 13.1 Å². The molecule has 0 radical (unpaired) electrons. The standard InChI is InChI=1S/C15H8O5S/c1-18-14-7-3-2-4-10-11(7)15(20-21-19-10)13-9(17)6-5-8(16)12(13)14/h2-6H,1H3. The molecule has 6 heteroatoms. The Labute approximate surface area is 123 Å². The van der Waals surface area contributed by atoms with Gasteiger partial charge in [-0.05, 0) is 18.2 Å². The van der Waals surface area contributed by atoms with Crippen LogP contribution in [0.1, 0.15) is 20.7 Å². The Bertz CT molecular complexity index is 853. The van der Waals surface area contributed by atoms with Gasteiger partial charge in [-0.1, -0.05) is 12.1 Å². The number of rotatable bonds is 1. The molecule has 2 aliphatic rings. The topological polar surface area (TPSA) is 61.8 Å². The van der Waals surface area contributed by atoms with Gasteiger partial charge in [0.25, 0.3) is 12.3 Å². The van der Waals surface area contributed by atoms with Gasteiger partial charge in [0.15, 0.2) is 23.1 Å². The number of ketones is 2. The van der Waals surface area contributed by atoms with Crippen LogP contribution in [0.4, 0.5) is 0 Å². The minimum Gasteiger partial charge on any atom is -0.495 e. The summed E-state index contributed by atoms with van der Waals surface area (Å²) in [6, 6.07) is 5.38. The highest BCUT2D eigenvalue weighted by Crippen LogP contribution is 2.49. The second-order valence-electron chi connectivity index (χ2n) is 4.59. The average molecular weight is 300 g/mol. The predicted molar refractivity (Wildman–Crippen MR) is 77.1 cm³/mol. The van der Waals surface area contributed by atoms with E-state index < -0.39 is 0 Å². The lowest BCUT2D eigenvalue weighted by atomic mass is 9.89. The highest BCUT2D eigenvalue weighted by molar-refractivity contribution is 7.90. The molecule has 5 nitrogen and oxygen atoms in total. The maximum absolute atomic E-state index is 12.2. The average Bonchev–Trinajstić information content (AvgIpc) is 2.51. The molecule has 0 spiro atoms. The molecule has 104 valence electrons. The molecule has 2 aromatic rings. The van der Waals surface area contributed by atoms with Gasteiger partial charge in [-0.25, -0.2) is 0 Å². The lowest BCUT2D eigenvalue weighted by Gasteiger charge is -2.23. The number of carbonyl (C=O) groups excluding carboxylic acids is 2. The zero-order chi connectivity index (χ0) is 14.6. The minimum atomic E-state index is -0.280. The molecule has 0 amide bonds. The van der Waals surface area contributed by atoms with Crippen molar-refractivity contribution in [3.8, 4) is 17.2 Å². The van der Waals surface area contributed by atoms with Gasteiger partial charge in [0.2, 0.25) is 0 Å². The van der Waals surface area contributed by atoms with E-state index >= 15 is 0 Å². The third-order valence-corrected chi connectivity index (χ3v) is 4.01. The van der Waals surface area contributed by atoms with E-state index in [1.54, 1.807) is 18.2 Å². The fourth-order valence-electron chi connectivity index (χ4n) is 2.68. The Morgan fingerprint density at radius 1 is 1.05 bits per heavy atom. The van der Waals surface area contributed by atoms with Crippen LogP contribution in [-0.2, 0) is 0 Å². The first-order valence-corrected chi connectivity index (χ1v) is 6.83. The monoisotopic (exact) mass is 300 g/mol. The highest BCUT2D eigenvalue weighted by Gasteiger charge is 2.33. The van der Waals surface area contributed by atoms with E-state index in [2.05, 4.69) is 0 Å². The van der Waals surface area contributed by atoms with Crippen molar-refractivity contribution >= 4 is 34.7 Å². The quantitative estimate of drug-likeness (QED) is 0.754. The fourth-order valence-corrected chi connectivity index (χ4v) is 3.16. The molecule has 1 aliphatic carbocycles. The number of hydrogen-bond acceptors (Lipinski definition) is 6. The molecule has 0 bridgehead atoms.